The summed E-state index contributed by atoms with van der Waals surface area (Å²) in [7, 11) is 0. The van der Waals surface area contributed by atoms with E-state index in [1.807, 2.05) is 6.92 Å². The topological polar surface area (TPSA) is 38.3 Å². The van der Waals surface area contributed by atoms with Gasteiger partial charge in [0.2, 0.25) is 0 Å². The number of hydrogen-bond donors (Lipinski definition) is 1. The molecule has 0 aliphatic carbocycles. The molecule has 1 unspecified atom stereocenters. The summed E-state index contributed by atoms with van der Waals surface area (Å²) in [6.45, 7) is 6.56. The molecule has 1 aliphatic rings. The number of amides is 1. The molecular formula is C9H15NO2. The normalized spacial score (nSPS) is 28.4. The van der Waals surface area contributed by atoms with Crippen molar-refractivity contribution < 1.29 is 9.53 Å². The van der Waals surface area contributed by atoms with E-state index in [4.69, 9.17) is 4.74 Å². The van der Waals surface area contributed by atoms with E-state index in [1.165, 1.54) is 0 Å². The van der Waals surface area contributed by atoms with Gasteiger partial charge in [0.05, 0.1) is 0 Å². The second-order valence-electron chi connectivity index (χ2n) is 3.18. The largest absolute Gasteiger partial charge is 0.365 e. The molecule has 1 fully saturated rings. The first-order valence-corrected chi connectivity index (χ1v) is 4.22. The van der Waals surface area contributed by atoms with Crippen LogP contribution in [0, 0.1) is 0 Å². The number of hydrogen-bond acceptors (Lipinski definition) is 2. The van der Waals surface area contributed by atoms with Crippen molar-refractivity contribution in [1.29, 1.82) is 0 Å². The molecule has 1 saturated heterocycles. The zero-order chi connectivity index (χ0) is 9.03. The average Bonchev–Trinajstić information content (AvgIpc) is 2.49. The molecule has 0 aromatic rings. The summed E-state index contributed by atoms with van der Waals surface area (Å²) in [4.78, 5) is 11.4. The molecule has 3 heteroatoms. The van der Waals surface area contributed by atoms with Gasteiger partial charge in [-0.25, -0.2) is 0 Å². The highest BCUT2D eigenvalue weighted by Gasteiger charge is 2.37. The molecule has 0 aromatic heterocycles. The van der Waals surface area contributed by atoms with E-state index in [0.717, 1.165) is 12.8 Å². The van der Waals surface area contributed by atoms with E-state index in [2.05, 4.69) is 11.9 Å². The molecule has 1 rings (SSSR count). The van der Waals surface area contributed by atoms with E-state index < -0.39 is 5.60 Å². The molecule has 0 spiro atoms. The molecule has 1 N–H and O–H groups in total. The van der Waals surface area contributed by atoms with Crippen molar-refractivity contribution in [2.24, 2.45) is 0 Å². The Kier molecular flexibility index (Phi) is 2.87. The summed E-state index contributed by atoms with van der Waals surface area (Å²) in [5.41, 5.74) is -0.594. The Morgan fingerprint density at radius 1 is 1.83 bits per heavy atom. The molecule has 0 radical (unpaired) electrons. The molecule has 0 bridgehead atoms. The fourth-order valence-electron chi connectivity index (χ4n) is 1.31. The first kappa shape index (κ1) is 9.26. The van der Waals surface area contributed by atoms with Crippen molar-refractivity contribution in [2.45, 2.75) is 25.4 Å². The Labute approximate surface area is 72.8 Å². The fourth-order valence-corrected chi connectivity index (χ4v) is 1.31. The lowest BCUT2D eigenvalue weighted by molar-refractivity contribution is -0.139. The first-order valence-electron chi connectivity index (χ1n) is 4.22. The van der Waals surface area contributed by atoms with E-state index in [-0.39, 0.29) is 5.91 Å². The highest BCUT2D eigenvalue weighted by Crippen LogP contribution is 2.24. The lowest BCUT2D eigenvalue weighted by Gasteiger charge is -2.21. The van der Waals surface area contributed by atoms with Crippen LogP contribution in [0.1, 0.15) is 19.8 Å². The lowest BCUT2D eigenvalue weighted by atomic mass is 10.0. The highest BCUT2D eigenvalue weighted by atomic mass is 16.5. The Bertz CT molecular complexity index is 183. The standard InChI is InChI=1S/C9H15NO2/c1-3-6-10-8(11)9(2)5-4-7-12-9/h3H,1,4-7H2,2H3,(H,10,11). The Morgan fingerprint density at radius 2 is 2.58 bits per heavy atom. The van der Waals surface area contributed by atoms with Gasteiger partial charge in [-0.15, -0.1) is 6.58 Å². The Balaban J connectivity index is 2.44. The van der Waals surface area contributed by atoms with E-state index >= 15 is 0 Å². The van der Waals surface area contributed by atoms with Crippen molar-refractivity contribution in [2.75, 3.05) is 13.2 Å². The monoisotopic (exact) mass is 169 g/mol. The van der Waals surface area contributed by atoms with Crippen molar-refractivity contribution >= 4 is 5.91 Å². The van der Waals surface area contributed by atoms with Gasteiger partial charge in [-0.3, -0.25) is 4.79 Å². The zero-order valence-electron chi connectivity index (χ0n) is 7.43. The maximum Gasteiger partial charge on any atom is 0.252 e. The maximum absolute atomic E-state index is 11.4. The third-order valence-electron chi connectivity index (χ3n) is 2.11. The van der Waals surface area contributed by atoms with Crippen LogP contribution in [0.3, 0.4) is 0 Å². The SMILES string of the molecule is C=CCNC(=O)C1(C)CCCO1. The molecule has 12 heavy (non-hydrogen) atoms. The Hall–Kier alpha value is -0.830. The number of nitrogens with one attached hydrogen (secondary N) is 1. The summed E-state index contributed by atoms with van der Waals surface area (Å²) in [6, 6.07) is 0. The van der Waals surface area contributed by atoms with Crippen LogP contribution in [0.25, 0.3) is 0 Å². The zero-order valence-corrected chi connectivity index (χ0v) is 7.43. The van der Waals surface area contributed by atoms with Crippen molar-refractivity contribution in [3.05, 3.63) is 12.7 Å². The number of carbonyl (C=O) groups is 1. The fraction of sp³-hybridized carbons (Fsp3) is 0.667. The minimum atomic E-state index is -0.594. The van der Waals surface area contributed by atoms with Gasteiger partial charge in [0.15, 0.2) is 0 Å². The van der Waals surface area contributed by atoms with Crippen molar-refractivity contribution in [3.8, 4) is 0 Å². The molecule has 68 valence electrons. The van der Waals surface area contributed by atoms with Crippen LogP contribution in [0.15, 0.2) is 12.7 Å². The van der Waals surface area contributed by atoms with Crippen LogP contribution >= 0.6 is 0 Å². The van der Waals surface area contributed by atoms with Gasteiger partial charge in [-0.05, 0) is 19.8 Å². The first-order chi connectivity index (χ1) is 5.69. The second kappa shape index (κ2) is 3.72. The third kappa shape index (κ3) is 1.85. The van der Waals surface area contributed by atoms with Crippen LogP contribution in [0.2, 0.25) is 0 Å². The molecular weight excluding hydrogens is 154 g/mol. The third-order valence-corrected chi connectivity index (χ3v) is 2.11. The van der Waals surface area contributed by atoms with Crippen LogP contribution in [0.4, 0.5) is 0 Å². The van der Waals surface area contributed by atoms with Gasteiger partial charge in [-0.2, -0.15) is 0 Å². The highest BCUT2D eigenvalue weighted by molar-refractivity contribution is 5.85. The lowest BCUT2D eigenvalue weighted by Crippen LogP contribution is -2.43. The molecule has 0 saturated carbocycles. The predicted octanol–water partition coefficient (Wildman–Crippen LogP) is 0.858. The van der Waals surface area contributed by atoms with Gasteiger partial charge in [0.25, 0.3) is 5.91 Å². The van der Waals surface area contributed by atoms with Crippen molar-refractivity contribution in [1.82, 2.24) is 5.32 Å². The number of carbonyl (C=O) groups excluding carboxylic acids is 1. The van der Waals surface area contributed by atoms with Crippen molar-refractivity contribution in [3.63, 3.8) is 0 Å². The van der Waals surface area contributed by atoms with Gasteiger partial charge in [0, 0.05) is 13.2 Å². The van der Waals surface area contributed by atoms with Crippen LogP contribution in [-0.4, -0.2) is 24.7 Å². The summed E-state index contributed by atoms with van der Waals surface area (Å²) in [5.74, 6) is -0.0279. The summed E-state index contributed by atoms with van der Waals surface area (Å²) in [5, 5.41) is 2.73. The molecule has 1 amide bonds. The van der Waals surface area contributed by atoms with Gasteiger partial charge < -0.3 is 10.1 Å². The van der Waals surface area contributed by atoms with Gasteiger partial charge >= 0.3 is 0 Å². The predicted molar refractivity (Wildman–Crippen MR) is 46.8 cm³/mol. The molecule has 0 aromatic carbocycles. The van der Waals surface area contributed by atoms with Crippen LogP contribution < -0.4 is 5.32 Å². The molecule has 3 nitrogen and oxygen atoms in total. The Morgan fingerprint density at radius 3 is 3.08 bits per heavy atom. The van der Waals surface area contributed by atoms with E-state index in [1.54, 1.807) is 6.08 Å². The summed E-state index contributed by atoms with van der Waals surface area (Å²) in [6.07, 6.45) is 3.45. The van der Waals surface area contributed by atoms with Crippen LogP contribution in [-0.2, 0) is 9.53 Å². The molecule has 1 aliphatic heterocycles. The minimum Gasteiger partial charge on any atom is -0.365 e. The quantitative estimate of drug-likeness (QED) is 0.636. The average molecular weight is 169 g/mol. The number of rotatable bonds is 3. The second-order valence-corrected chi connectivity index (χ2v) is 3.18. The smallest absolute Gasteiger partial charge is 0.252 e. The van der Waals surface area contributed by atoms with Gasteiger partial charge in [0.1, 0.15) is 5.60 Å². The van der Waals surface area contributed by atoms with Gasteiger partial charge in [-0.1, -0.05) is 6.08 Å². The molecule has 1 atom stereocenters. The van der Waals surface area contributed by atoms with E-state index in [0.29, 0.717) is 13.2 Å². The van der Waals surface area contributed by atoms with Crippen LogP contribution in [0.5, 0.6) is 0 Å². The minimum absolute atomic E-state index is 0.0279. The maximum atomic E-state index is 11.4. The molecule has 1 heterocycles. The summed E-state index contributed by atoms with van der Waals surface area (Å²) >= 11 is 0. The van der Waals surface area contributed by atoms with E-state index in [9.17, 15) is 4.79 Å². The summed E-state index contributed by atoms with van der Waals surface area (Å²) < 4.78 is 5.35. The number of ether oxygens (including phenoxy) is 1.